The van der Waals surface area contributed by atoms with Crippen LogP contribution in [0.25, 0.3) is 0 Å². The van der Waals surface area contributed by atoms with Crippen molar-refractivity contribution >= 4 is 0 Å². The third kappa shape index (κ3) is 2.50. The summed E-state index contributed by atoms with van der Waals surface area (Å²) in [7, 11) is 0. The Morgan fingerprint density at radius 3 is 3.29 bits per heavy atom. The lowest BCUT2D eigenvalue weighted by Gasteiger charge is -2.15. The average Bonchev–Trinajstić information content (AvgIpc) is 2.99. The highest BCUT2D eigenvalue weighted by molar-refractivity contribution is 5.27. The first kappa shape index (κ1) is 11.2. The average molecular weight is 232 g/mol. The Balaban J connectivity index is 1.50. The number of hydrogen-bond acceptors (Lipinski definition) is 3. The Hall–Kier alpha value is -0.930. The van der Waals surface area contributed by atoms with Gasteiger partial charge in [0.2, 0.25) is 0 Å². The molecule has 1 N–H and O–H groups in total. The molecule has 3 rings (SSSR count). The zero-order valence-corrected chi connectivity index (χ0v) is 10.2. The maximum atomic E-state index is 5.63. The predicted octanol–water partition coefficient (Wildman–Crippen LogP) is 2.23. The van der Waals surface area contributed by atoms with Crippen LogP contribution in [0.4, 0.5) is 0 Å². The molecule has 0 amide bonds. The van der Waals surface area contributed by atoms with Gasteiger partial charge in [0, 0.05) is 12.8 Å². The van der Waals surface area contributed by atoms with Crippen molar-refractivity contribution in [2.24, 2.45) is 0 Å². The Labute approximate surface area is 103 Å². The van der Waals surface area contributed by atoms with Crippen molar-refractivity contribution in [1.29, 1.82) is 0 Å². The summed E-state index contributed by atoms with van der Waals surface area (Å²) in [6, 6.07) is 4.70. The van der Waals surface area contributed by atoms with E-state index in [0.717, 1.165) is 19.6 Å². The molecular weight excluding hydrogens is 212 g/mol. The van der Waals surface area contributed by atoms with E-state index in [0.29, 0.717) is 12.1 Å². The summed E-state index contributed by atoms with van der Waals surface area (Å²) in [6.45, 7) is 2.00. The van der Waals surface area contributed by atoms with Gasteiger partial charge in [0.05, 0.1) is 17.8 Å². The highest BCUT2D eigenvalue weighted by Crippen LogP contribution is 2.28. The molecule has 0 aromatic carbocycles. The number of fused-ring (bicyclic) bond motifs is 1. The Morgan fingerprint density at radius 2 is 2.41 bits per heavy atom. The molecule has 0 spiro atoms. The number of nitrogens with zero attached hydrogens (tertiary/aromatic N) is 1. The van der Waals surface area contributed by atoms with Crippen LogP contribution >= 0.6 is 0 Å². The highest BCUT2D eigenvalue weighted by atomic mass is 16.5. The molecule has 2 unspecified atom stereocenters. The molecule has 1 aliphatic heterocycles. The number of aryl methyl sites for hydroxylation is 1. The quantitative estimate of drug-likeness (QED) is 0.864. The van der Waals surface area contributed by atoms with E-state index >= 15 is 0 Å². The molecule has 17 heavy (non-hydrogen) atoms. The number of aromatic nitrogens is 1. The van der Waals surface area contributed by atoms with Crippen LogP contribution in [-0.2, 0) is 11.2 Å². The zero-order chi connectivity index (χ0) is 11.5. The van der Waals surface area contributed by atoms with E-state index in [1.807, 2.05) is 12.3 Å². The largest absolute Gasteiger partial charge is 0.378 e. The summed E-state index contributed by atoms with van der Waals surface area (Å²) in [5.74, 6) is 0. The van der Waals surface area contributed by atoms with Gasteiger partial charge in [-0.2, -0.15) is 0 Å². The normalized spacial score (nSPS) is 27.3. The summed E-state index contributed by atoms with van der Waals surface area (Å²) < 4.78 is 5.63. The molecule has 1 aromatic heterocycles. The molecule has 1 fully saturated rings. The number of pyridine rings is 1. The van der Waals surface area contributed by atoms with Crippen LogP contribution in [0.3, 0.4) is 0 Å². The van der Waals surface area contributed by atoms with Gasteiger partial charge < -0.3 is 10.1 Å². The summed E-state index contributed by atoms with van der Waals surface area (Å²) in [5, 5.41) is 3.62. The fraction of sp³-hybridized carbons (Fsp3) is 0.643. The molecule has 0 bridgehead atoms. The summed E-state index contributed by atoms with van der Waals surface area (Å²) in [5.41, 5.74) is 2.68. The monoisotopic (exact) mass is 232 g/mol. The Bertz CT molecular complexity index is 374. The van der Waals surface area contributed by atoms with Crippen molar-refractivity contribution < 1.29 is 4.74 Å². The van der Waals surface area contributed by atoms with Crippen LogP contribution in [0, 0.1) is 0 Å². The third-order valence-corrected chi connectivity index (χ3v) is 3.84. The highest BCUT2D eigenvalue weighted by Gasteiger charge is 2.23. The van der Waals surface area contributed by atoms with Crippen molar-refractivity contribution in [3.63, 3.8) is 0 Å². The molecule has 3 heteroatoms. The van der Waals surface area contributed by atoms with E-state index in [-0.39, 0.29) is 0 Å². The number of nitrogens with one attached hydrogen (secondary N) is 1. The Kier molecular flexibility index (Phi) is 3.39. The van der Waals surface area contributed by atoms with Gasteiger partial charge in [-0.1, -0.05) is 6.07 Å². The molecule has 1 saturated heterocycles. The number of hydrogen-bond donors (Lipinski definition) is 1. The molecular formula is C14H20N2O. The molecule has 92 valence electrons. The lowest BCUT2D eigenvalue weighted by molar-refractivity contribution is 0.103. The van der Waals surface area contributed by atoms with Gasteiger partial charge in [-0.3, -0.25) is 4.98 Å². The van der Waals surface area contributed by atoms with E-state index in [1.165, 1.54) is 36.9 Å². The standard InChI is InChI=1S/C14H20N2O/c1-3-11-5-6-13(14(11)16-8-1)15-9-7-12-4-2-10-17-12/h1,3,8,12-13,15H,2,4-7,9-10H2. The van der Waals surface area contributed by atoms with E-state index in [2.05, 4.69) is 16.4 Å². The minimum atomic E-state index is 0.465. The lowest BCUT2D eigenvalue weighted by Crippen LogP contribution is -2.24. The second-order valence-electron chi connectivity index (χ2n) is 5.02. The first-order chi connectivity index (χ1) is 8.43. The second-order valence-corrected chi connectivity index (χ2v) is 5.02. The SMILES string of the molecule is c1cnc2c(c1)CCC2NCCC1CCCO1. The minimum absolute atomic E-state index is 0.465. The molecule has 1 aliphatic carbocycles. The molecule has 1 aromatic rings. The molecule has 2 atom stereocenters. The van der Waals surface area contributed by atoms with Crippen molar-refractivity contribution in [2.75, 3.05) is 13.2 Å². The van der Waals surface area contributed by atoms with Crippen LogP contribution in [0.15, 0.2) is 18.3 Å². The fourth-order valence-corrected chi connectivity index (χ4v) is 2.90. The fourth-order valence-electron chi connectivity index (χ4n) is 2.90. The molecule has 2 aliphatic rings. The predicted molar refractivity (Wildman–Crippen MR) is 66.9 cm³/mol. The van der Waals surface area contributed by atoms with Crippen LogP contribution in [0.2, 0.25) is 0 Å². The van der Waals surface area contributed by atoms with Crippen molar-refractivity contribution in [3.05, 3.63) is 29.6 Å². The first-order valence-corrected chi connectivity index (χ1v) is 6.72. The van der Waals surface area contributed by atoms with Crippen molar-refractivity contribution in [3.8, 4) is 0 Å². The second kappa shape index (κ2) is 5.15. The number of ether oxygens (including phenoxy) is 1. The first-order valence-electron chi connectivity index (χ1n) is 6.72. The smallest absolute Gasteiger partial charge is 0.0605 e. The topological polar surface area (TPSA) is 34.2 Å². The molecule has 0 radical (unpaired) electrons. The lowest BCUT2D eigenvalue weighted by atomic mass is 10.1. The van der Waals surface area contributed by atoms with E-state index in [9.17, 15) is 0 Å². The summed E-state index contributed by atoms with van der Waals surface area (Å²) in [4.78, 5) is 4.50. The Morgan fingerprint density at radius 1 is 1.41 bits per heavy atom. The van der Waals surface area contributed by atoms with E-state index in [1.54, 1.807) is 0 Å². The number of rotatable bonds is 4. The van der Waals surface area contributed by atoms with Gasteiger partial charge in [-0.25, -0.2) is 0 Å². The third-order valence-electron chi connectivity index (χ3n) is 3.84. The van der Waals surface area contributed by atoms with Gasteiger partial charge in [-0.15, -0.1) is 0 Å². The van der Waals surface area contributed by atoms with Gasteiger partial charge in [0.15, 0.2) is 0 Å². The van der Waals surface area contributed by atoms with Crippen LogP contribution in [-0.4, -0.2) is 24.2 Å². The van der Waals surface area contributed by atoms with Crippen LogP contribution < -0.4 is 5.32 Å². The summed E-state index contributed by atoms with van der Waals surface area (Å²) in [6.07, 6.45) is 8.36. The molecule has 3 nitrogen and oxygen atoms in total. The van der Waals surface area contributed by atoms with Gasteiger partial charge in [0.1, 0.15) is 0 Å². The van der Waals surface area contributed by atoms with E-state index in [4.69, 9.17) is 4.74 Å². The van der Waals surface area contributed by atoms with Gasteiger partial charge in [0.25, 0.3) is 0 Å². The van der Waals surface area contributed by atoms with Gasteiger partial charge >= 0.3 is 0 Å². The van der Waals surface area contributed by atoms with Crippen LogP contribution in [0.1, 0.15) is 43.0 Å². The molecule has 2 heterocycles. The van der Waals surface area contributed by atoms with Crippen molar-refractivity contribution in [2.45, 2.75) is 44.2 Å². The van der Waals surface area contributed by atoms with Crippen LogP contribution in [0.5, 0.6) is 0 Å². The maximum absolute atomic E-state index is 5.63. The summed E-state index contributed by atoms with van der Waals surface area (Å²) >= 11 is 0. The molecule has 0 saturated carbocycles. The maximum Gasteiger partial charge on any atom is 0.0605 e. The minimum Gasteiger partial charge on any atom is -0.378 e. The zero-order valence-electron chi connectivity index (χ0n) is 10.2. The van der Waals surface area contributed by atoms with E-state index < -0.39 is 0 Å². The van der Waals surface area contributed by atoms with Gasteiger partial charge in [-0.05, 0) is 50.3 Å². The van der Waals surface area contributed by atoms with Crippen molar-refractivity contribution in [1.82, 2.24) is 10.3 Å².